The first-order valence-corrected chi connectivity index (χ1v) is 8.68. The van der Waals surface area contributed by atoms with E-state index in [4.69, 9.17) is 18.9 Å². The summed E-state index contributed by atoms with van der Waals surface area (Å²) in [6.45, 7) is 4.70. The highest BCUT2D eigenvalue weighted by molar-refractivity contribution is 5.69. The van der Waals surface area contributed by atoms with Gasteiger partial charge in [0.25, 0.3) is 0 Å². The molecule has 132 valence electrons. The molecule has 2 heterocycles. The molecule has 4 atom stereocenters. The molecule has 2 aliphatic heterocycles. The van der Waals surface area contributed by atoms with Crippen molar-refractivity contribution in [2.75, 3.05) is 13.2 Å². The molecular formula is C17H28O6. The number of hydrogen-bond donors (Lipinski definition) is 0. The van der Waals surface area contributed by atoms with Crippen molar-refractivity contribution in [2.45, 2.75) is 83.2 Å². The zero-order valence-corrected chi connectivity index (χ0v) is 14.1. The third-order valence-corrected chi connectivity index (χ3v) is 4.25. The minimum atomic E-state index is -0.146. The Morgan fingerprint density at radius 2 is 1.09 bits per heavy atom. The Morgan fingerprint density at radius 3 is 1.43 bits per heavy atom. The van der Waals surface area contributed by atoms with Crippen molar-refractivity contribution in [3.05, 3.63) is 0 Å². The molecule has 23 heavy (non-hydrogen) atoms. The quantitative estimate of drug-likeness (QED) is 0.311. The highest BCUT2D eigenvalue weighted by atomic mass is 16.6. The molecule has 0 amide bonds. The lowest BCUT2D eigenvalue weighted by Gasteiger charge is -2.04. The average Bonchev–Trinajstić information content (AvgIpc) is 3.41. The van der Waals surface area contributed by atoms with Gasteiger partial charge in [-0.15, -0.1) is 0 Å². The molecule has 0 aromatic heterocycles. The molecule has 2 rings (SSSR count). The number of carbonyl (C=O) groups is 2. The summed E-state index contributed by atoms with van der Waals surface area (Å²) in [7, 11) is 0. The lowest BCUT2D eigenvalue weighted by Crippen LogP contribution is -2.10. The topological polar surface area (TPSA) is 77.7 Å². The predicted molar refractivity (Wildman–Crippen MR) is 82.9 cm³/mol. The van der Waals surface area contributed by atoms with Gasteiger partial charge in [-0.3, -0.25) is 9.59 Å². The first kappa shape index (κ1) is 18.2. The zero-order chi connectivity index (χ0) is 16.7. The third-order valence-electron chi connectivity index (χ3n) is 4.25. The maximum absolute atomic E-state index is 11.5. The molecule has 0 radical (unpaired) electrons. The molecule has 2 aliphatic rings. The summed E-state index contributed by atoms with van der Waals surface area (Å²) in [5.74, 6) is -0.291. The Kier molecular flexibility index (Phi) is 7.30. The highest BCUT2D eigenvalue weighted by Crippen LogP contribution is 2.21. The maximum Gasteiger partial charge on any atom is 0.305 e. The van der Waals surface area contributed by atoms with Crippen LogP contribution in [0.15, 0.2) is 0 Å². The fraction of sp³-hybridized carbons (Fsp3) is 0.882. The van der Waals surface area contributed by atoms with Crippen LogP contribution in [0.2, 0.25) is 0 Å². The van der Waals surface area contributed by atoms with Crippen molar-refractivity contribution in [2.24, 2.45) is 0 Å². The molecule has 4 unspecified atom stereocenters. The monoisotopic (exact) mass is 328 g/mol. The van der Waals surface area contributed by atoms with Crippen LogP contribution in [0.25, 0.3) is 0 Å². The molecule has 0 aromatic carbocycles. The number of epoxide rings is 2. The second kappa shape index (κ2) is 9.23. The van der Waals surface area contributed by atoms with Gasteiger partial charge in [0.15, 0.2) is 0 Å². The second-order valence-corrected chi connectivity index (χ2v) is 6.39. The summed E-state index contributed by atoms with van der Waals surface area (Å²) in [5, 5.41) is 0. The van der Waals surface area contributed by atoms with E-state index in [1.54, 1.807) is 0 Å². The van der Waals surface area contributed by atoms with Gasteiger partial charge in [0.05, 0.1) is 12.2 Å². The van der Waals surface area contributed by atoms with Crippen molar-refractivity contribution in [1.82, 2.24) is 0 Å². The van der Waals surface area contributed by atoms with Crippen LogP contribution in [-0.4, -0.2) is 49.6 Å². The molecule has 0 saturated carbocycles. The van der Waals surface area contributed by atoms with Crippen LogP contribution in [0.3, 0.4) is 0 Å². The Morgan fingerprint density at radius 1 is 0.739 bits per heavy atom. The average molecular weight is 328 g/mol. The number of esters is 2. The van der Waals surface area contributed by atoms with Crippen molar-refractivity contribution < 1.29 is 28.5 Å². The molecule has 6 heteroatoms. The molecule has 6 nitrogen and oxygen atoms in total. The Hall–Kier alpha value is -1.14. The smallest absolute Gasteiger partial charge is 0.305 e. The summed E-state index contributed by atoms with van der Waals surface area (Å²) in [6.07, 6.45) is 6.24. The predicted octanol–water partition coefficient (Wildman–Crippen LogP) is 2.38. The Labute approximate surface area is 137 Å². The second-order valence-electron chi connectivity index (χ2n) is 6.39. The Bertz CT molecular complexity index is 361. The summed E-state index contributed by atoms with van der Waals surface area (Å²) < 4.78 is 20.6. The number of carbonyl (C=O) groups excluding carboxylic acids is 2. The SMILES string of the molecule is CC1OC1COC(=O)CCCCCCCC(=O)OCC1OC1C. The van der Waals surface area contributed by atoms with Gasteiger partial charge in [-0.05, 0) is 26.7 Å². The summed E-state index contributed by atoms with van der Waals surface area (Å²) >= 11 is 0. The van der Waals surface area contributed by atoms with E-state index in [9.17, 15) is 9.59 Å². The molecular weight excluding hydrogens is 300 g/mol. The van der Waals surface area contributed by atoms with E-state index in [1.807, 2.05) is 13.8 Å². The van der Waals surface area contributed by atoms with Crippen LogP contribution in [-0.2, 0) is 28.5 Å². The summed E-state index contributed by atoms with van der Waals surface area (Å²) in [5.41, 5.74) is 0. The van der Waals surface area contributed by atoms with Gasteiger partial charge < -0.3 is 18.9 Å². The van der Waals surface area contributed by atoms with Crippen molar-refractivity contribution in [1.29, 1.82) is 0 Å². The number of rotatable bonds is 12. The summed E-state index contributed by atoms with van der Waals surface area (Å²) in [4.78, 5) is 22.9. The minimum absolute atomic E-state index is 0.105. The lowest BCUT2D eigenvalue weighted by molar-refractivity contribution is -0.145. The third kappa shape index (κ3) is 7.79. The number of hydrogen-bond acceptors (Lipinski definition) is 6. The van der Waals surface area contributed by atoms with Crippen LogP contribution < -0.4 is 0 Å². The fourth-order valence-corrected chi connectivity index (χ4v) is 2.37. The van der Waals surface area contributed by atoms with Gasteiger partial charge in [0.2, 0.25) is 0 Å². The van der Waals surface area contributed by atoms with Crippen LogP contribution in [0, 0.1) is 0 Å². The molecule has 0 spiro atoms. The van der Waals surface area contributed by atoms with Gasteiger partial charge >= 0.3 is 11.9 Å². The number of ether oxygens (including phenoxy) is 4. The Balaban J connectivity index is 1.32. The van der Waals surface area contributed by atoms with E-state index in [2.05, 4.69) is 0 Å². The van der Waals surface area contributed by atoms with E-state index < -0.39 is 0 Å². The molecule has 0 aliphatic carbocycles. The fourth-order valence-electron chi connectivity index (χ4n) is 2.37. The maximum atomic E-state index is 11.5. The van der Waals surface area contributed by atoms with E-state index >= 15 is 0 Å². The van der Waals surface area contributed by atoms with Gasteiger partial charge in [-0.1, -0.05) is 19.3 Å². The first-order chi connectivity index (χ1) is 11.1. The largest absolute Gasteiger partial charge is 0.463 e. The van der Waals surface area contributed by atoms with Crippen LogP contribution in [0.4, 0.5) is 0 Å². The standard InChI is InChI=1S/C17H28O6/c1-12-14(22-12)10-20-16(18)8-6-4-3-5-7-9-17(19)21-11-15-13(2)23-15/h12-15H,3-11H2,1-2H3. The van der Waals surface area contributed by atoms with Gasteiger partial charge in [-0.25, -0.2) is 0 Å². The normalized spacial score (nSPS) is 28.3. The van der Waals surface area contributed by atoms with Crippen molar-refractivity contribution in [3.63, 3.8) is 0 Å². The van der Waals surface area contributed by atoms with E-state index in [1.165, 1.54) is 0 Å². The van der Waals surface area contributed by atoms with E-state index in [0.29, 0.717) is 26.1 Å². The molecule has 0 aromatic rings. The van der Waals surface area contributed by atoms with Crippen molar-refractivity contribution in [3.8, 4) is 0 Å². The van der Waals surface area contributed by atoms with Gasteiger partial charge in [0.1, 0.15) is 25.4 Å². The van der Waals surface area contributed by atoms with Gasteiger partial charge in [-0.2, -0.15) is 0 Å². The zero-order valence-electron chi connectivity index (χ0n) is 14.1. The number of unbranched alkanes of at least 4 members (excludes halogenated alkanes) is 4. The van der Waals surface area contributed by atoms with Crippen LogP contribution >= 0.6 is 0 Å². The lowest BCUT2D eigenvalue weighted by atomic mass is 10.1. The minimum Gasteiger partial charge on any atom is -0.463 e. The van der Waals surface area contributed by atoms with E-state index in [0.717, 1.165) is 32.1 Å². The molecule has 0 bridgehead atoms. The van der Waals surface area contributed by atoms with Crippen LogP contribution in [0.5, 0.6) is 0 Å². The van der Waals surface area contributed by atoms with E-state index in [-0.39, 0.29) is 36.4 Å². The summed E-state index contributed by atoms with van der Waals surface area (Å²) in [6, 6.07) is 0. The van der Waals surface area contributed by atoms with Gasteiger partial charge in [0, 0.05) is 12.8 Å². The molecule has 2 fully saturated rings. The highest BCUT2D eigenvalue weighted by Gasteiger charge is 2.35. The molecule has 0 N–H and O–H groups in total. The van der Waals surface area contributed by atoms with Crippen LogP contribution in [0.1, 0.15) is 58.8 Å². The van der Waals surface area contributed by atoms with Crippen molar-refractivity contribution >= 4 is 11.9 Å². The first-order valence-electron chi connectivity index (χ1n) is 8.68. The molecule has 2 saturated heterocycles.